The number of nitrogens with one attached hydrogen (secondary N) is 3. The van der Waals surface area contributed by atoms with E-state index in [0.29, 0.717) is 21.8 Å². The Bertz CT molecular complexity index is 1100. The Morgan fingerprint density at radius 2 is 1.76 bits per heavy atom. The lowest BCUT2D eigenvalue weighted by atomic mass is 10.0. The topological polar surface area (TPSA) is 91.4 Å². The highest BCUT2D eigenvalue weighted by atomic mass is 35.5. The Balaban J connectivity index is 1.70. The van der Waals surface area contributed by atoms with Crippen LogP contribution in [0.25, 0.3) is 22.5 Å². The summed E-state index contributed by atoms with van der Waals surface area (Å²) in [6, 6.07) is 9.12. The molecule has 1 aromatic carbocycles. The fourth-order valence-electron chi connectivity index (χ4n) is 2.85. The second-order valence-electron chi connectivity index (χ2n) is 6.26. The Kier molecular flexibility index (Phi) is 5.59. The molecule has 4 rings (SSSR count). The Hall–Kier alpha value is -3.16. The lowest BCUT2D eigenvalue weighted by Gasteiger charge is -2.19. The standard InChI is InChI=1S/C20H17Cl2N7/c1-12(29-20-25-5-2-6-26-20)28-19-16(15-4-3-14(21)10-17(15)22)9-13(11-27-19)18-23-7-8-24-18/h2-12H,1H3,(H,23,24)(H,27,28)(H,25,26,29). The lowest BCUT2D eigenvalue weighted by molar-refractivity contribution is 0.881. The average Bonchev–Trinajstić information content (AvgIpc) is 3.24. The summed E-state index contributed by atoms with van der Waals surface area (Å²) in [6.07, 6.45) is 8.38. The van der Waals surface area contributed by atoms with E-state index in [0.717, 1.165) is 22.5 Å². The van der Waals surface area contributed by atoms with Crippen molar-refractivity contribution in [2.45, 2.75) is 13.1 Å². The molecule has 3 heterocycles. The van der Waals surface area contributed by atoms with Gasteiger partial charge in [0.15, 0.2) is 0 Å². The first kappa shape index (κ1) is 19.2. The fraction of sp³-hybridized carbons (Fsp3) is 0.100. The molecule has 0 aliphatic carbocycles. The summed E-state index contributed by atoms with van der Waals surface area (Å²) in [6.45, 7) is 1.95. The number of halogens is 2. The molecular weight excluding hydrogens is 409 g/mol. The molecule has 1 unspecified atom stereocenters. The van der Waals surface area contributed by atoms with Crippen LogP contribution in [0.4, 0.5) is 11.8 Å². The van der Waals surface area contributed by atoms with Gasteiger partial charge in [-0.25, -0.2) is 19.9 Å². The van der Waals surface area contributed by atoms with E-state index in [2.05, 4.69) is 35.6 Å². The zero-order chi connectivity index (χ0) is 20.2. The fourth-order valence-corrected chi connectivity index (χ4v) is 3.36. The molecule has 1 atom stereocenters. The van der Waals surface area contributed by atoms with Crippen LogP contribution in [0.2, 0.25) is 10.0 Å². The number of H-pyrrole nitrogens is 1. The van der Waals surface area contributed by atoms with Gasteiger partial charge in [-0.2, -0.15) is 0 Å². The quantitative estimate of drug-likeness (QED) is 0.372. The minimum atomic E-state index is -0.191. The molecule has 0 spiro atoms. The van der Waals surface area contributed by atoms with Crippen molar-refractivity contribution in [2.24, 2.45) is 0 Å². The normalized spacial score (nSPS) is 11.8. The maximum atomic E-state index is 6.48. The third-order valence-electron chi connectivity index (χ3n) is 4.15. The molecule has 0 aliphatic rings. The van der Waals surface area contributed by atoms with Crippen LogP contribution in [0.1, 0.15) is 6.92 Å². The van der Waals surface area contributed by atoms with Crippen molar-refractivity contribution < 1.29 is 0 Å². The average molecular weight is 426 g/mol. The molecule has 9 heteroatoms. The van der Waals surface area contributed by atoms with Crippen molar-refractivity contribution in [3.8, 4) is 22.5 Å². The van der Waals surface area contributed by atoms with Gasteiger partial charge in [-0.1, -0.05) is 29.3 Å². The minimum Gasteiger partial charge on any atom is -0.350 e. The first-order chi connectivity index (χ1) is 14.1. The molecule has 0 radical (unpaired) electrons. The van der Waals surface area contributed by atoms with Crippen LogP contribution in [-0.4, -0.2) is 31.1 Å². The van der Waals surface area contributed by atoms with Crippen LogP contribution in [0.5, 0.6) is 0 Å². The zero-order valence-electron chi connectivity index (χ0n) is 15.4. The molecule has 7 nitrogen and oxygen atoms in total. The highest BCUT2D eigenvalue weighted by Gasteiger charge is 2.15. The zero-order valence-corrected chi connectivity index (χ0v) is 16.9. The highest BCUT2D eigenvalue weighted by Crippen LogP contribution is 2.36. The maximum absolute atomic E-state index is 6.48. The lowest BCUT2D eigenvalue weighted by Crippen LogP contribution is -2.26. The summed E-state index contributed by atoms with van der Waals surface area (Å²) in [7, 11) is 0. The molecule has 4 aromatic rings. The third kappa shape index (κ3) is 4.47. The van der Waals surface area contributed by atoms with Gasteiger partial charge >= 0.3 is 0 Å². The summed E-state index contributed by atoms with van der Waals surface area (Å²) >= 11 is 12.6. The molecule has 3 aromatic heterocycles. The molecule has 0 saturated carbocycles. The molecule has 0 fully saturated rings. The number of nitrogens with zero attached hydrogens (tertiary/aromatic N) is 4. The Morgan fingerprint density at radius 1 is 0.931 bits per heavy atom. The molecule has 29 heavy (non-hydrogen) atoms. The van der Waals surface area contributed by atoms with E-state index in [4.69, 9.17) is 23.2 Å². The van der Waals surface area contributed by atoms with Crippen LogP contribution in [0.3, 0.4) is 0 Å². The van der Waals surface area contributed by atoms with Crippen LogP contribution >= 0.6 is 23.2 Å². The van der Waals surface area contributed by atoms with Crippen molar-refractivity contribution in [1.82, 2.24) is 24.9 Å². The number of anilines is 2. The largest absolute Gasteiger partial charge is 0.350 e. The van der Waals surface area contributed by atoms with Gasteiger partial charge in [0.2, 0.25) is 5.95 Å². The summed E-state index contributed by atoms with van der Waals surface area (Å²) < 4.78 is 0. The summed E-state index contributed by atoms with van der Waals surface area (Å²) in [5, 5.41) is 7.64. The van der Waals surface area contributed by atoms with Gasteiger partial charge in [-0.3, -0.25) is 0 Å². The van der Waals surface area contributed by atoms with Gasteiger partial charge in [0.05, 0.1) is 11.2 Å². The summed E-state index contributed by atoms with van der Waals surface area (Å²) in [4.78, 5) is 20.4. The second-order valence-corrected chi connectivity index (χ2v) is 7.11. The van der Waals surface area contributed by atoms with E-state index in [1.807, 2.05) is 19.1 Å². The number of pyridine rings is 1. The summed E-state index contributed by atoms with van der Waals surface area (Å²) in [5.74, 6) is 1.89. The molecule has 0 aliphatic heterocycles. The van der Waals surface area contributed by atoms with Crippen molar-refractivity contribution in [2.75, 3.05) is 10.6 Å². The van der Waals surface area contributed by atoms with E-state index in [9.17, 15) is 0 Å². The highest BCUT2D eigenvalue weighted by molar-refractivity contribution is 6.36. The molecule has 0 amide bonds. The monoisotopic (exact) mass is 425 g/mol. The molecule has 146 valence electrons. The van der Waals surface area contributed by atoms with Gasteiger partial charge < -0.3 is 15.6 Å². The van der Waals surface area contributed by atoms with Crippen LogP contribution in [-0.2, 0) is 0 Å². The van der Waals surface area contributed by atoms with E-state index in [-0.39, 0.29) is 6.17 Å². The van der Waals surface area contributed by atoms with E-state index in [1.165, 1.54) is 0 Å². The smallest absolute Gasteiger partial charge is 0.224 e. The molecule has 0 bridgehead atoms. The van der Waals surface area contributed by atoms with Crippen molar-refractivity contribution in [3.63, 3.8) is 0 Å². The predicted octanol–water partition coefficient (Wildman–Crippen LogP) is 5.11. The predicted molar refractivity (Wildman–Crippen MR) is 116 cm³/mol. The number of benzene rings is 1. The SMILES string of the molecule is CC(Nc1ncccn1)Nc1ncc(-c2ncc[nH]2)cc1-c1ccc(Cl)cc1Cl. The number of aromatic amines is 1. The van der Waals surface area contributed by atoms with Crippen molar-refractivity contribution in [1.29, 1.82) is 0 Å². The summed E-state index contributed by atoms with van der Waals surface area (Å²) in [5.41, 5.74) is 2.47. The molecular formula is C20H17Cl2N7. The van der Waals surface area contributed by atoms with Gasteiger partial charge in [-0.15, -0.1) is 0 Å². The van der Waals surface area contributed by atoms with Gasteiger partial charge in [0, 0.05) is 52.7 Å². The van der Waals surface area contributed by atoms with Crippen LogP contribution in [0.15, 0.2) is 61.3 Å². The number of imidazole rings is 1. The van der Waals surface area contributed by atoms with Crippen molar-refractivity contribution >= 4 is 35.0 Å². The van der Waals surface area contributed by atoms with E-state index in [1.54, 1.807) is 49.2 Å². The van der Waals surface area contributed by atoms with Crippen molar-refractivity contribution in [3.05, 3.63) is 71.4 Å². The molecule has 0 saturated heterocycles. The second kappa shape index (κ2) is 8.46. The number of rotatable bonds is 6. The van der Waals surface area contributed by atoms with E-state index < -0.39 is 0 Å². The Morgan fingerprint density at radius 3 is 2.48 bits per heavy atom. The van der Waals surface area contributed by atoms with Gasteiger partial charge in [-0.05, 0) is 31.2 Å². The first-order valence-electron chi connectivity index (χ1n) is 8.85. The Labute approximate surface area is 177 Å². The third-order valence-corrected chi connectivity index (χ3v) is 4.69. The number of hydrogen-bond donors (Lipinski definition) is 3. The number of aromatic nitrogens is 5. The first-order valence-corrected chi connectivity index (χ1v) is 9.61. The molecule has 3 N–H and O–H groups in total. The van der Waals surface area contributed by atoms with Crippen LogP contribution < -0.4 is 10.6 Å². The number of hydrogen-bond acceptors (Lipinski definition) is 6. The maximum Gasteiger partial charge on any atom is 0.224 e. The van der Waals surface area contributed by atoms with Crippen LogP contribution in [0, 0.1) is 0 Å². The van der Waals surface area contributed by atoms with Gasteiger partial charge in [0.25, 0.3) is 0 Å². The minimum absolute atomic E-state index is 0.191. The van der Waals surface area contributed by atoms with E-state index >= 15 is 0 Å². The van der Waals surface area contributed by atoms with Gasteiger partial charge in [0.1, 0.15) is 11.6 Å².